The summed E-state index contributed by atoms with van der Waals surface area (Å²) in [6.45, 7) is 3.16. The van der Waals surface area contributed by atoms with Crippen LogP contribution in [-0.2, 0) is 9.59 Å². The first-order valence-electron chi connectivity index (χ1n) is 5.73. The minimum atomic E-state index is -0.139. The largest absolute Gasteiger partial charge is 0.358 e. The maximum atomic E-state index is 12.0. The lowest BCUT2D eigenvalue weighted by molar-refractivity contribution is -0.137. The first-order valence-corrected chi connectivity index (χ1v) is 5.73. The Hall–Kier alpha value is -1.10. The van der Waals surface area contributed by atoms with Crippen LogP contribution in [0.3, 0.4) is 0 Å². The van der Waals surface area contributed by atoms with Gasteiger partial charge in [-0.25, -0.2) is 0 Å². The number of nitrogens with one attached hydrogen (secondary N) is 2. The van der Waals surface area contributed by atoms with E-state index in [0.717, 1.165) is 19.4 Å². The normalized spacial score (nSPS) is 24.9. The van der Waals surface area contributed by atoms with Crippen molar-refractivity contribution < 1.29 is 9.59 Å². The number of likely N-dealkylation sites (N-methyl/N-ethyl adjacent to an activating group) is 2. The molecule has 2 N–H and O–H groups in total. The fourth-order valence-electron chi connectivity index (χ4n) is 1.93. The molecule has 0 bridgehead atoms. The molecule has 1 rings (SSSR count). The van der Waals surface area contributed by atoms with Gasteiger partial charge in [0.1, 0.15) is 0 Å². The number of hydrogen-bond acceptors (Lipinski definition) is 3. The van der Waals surface area contributed by atoms with Crippen LogP contribution in [0.4, 0.5) is 0 Å². The molecule has 0 aromatic heterocycles. The Kier molecular flexibility index (Phi) is 4.73. The maximum absolute atomic E-state index is 12.0. The number of carbonyl (C=O) groups is 2. The number of carbonyl (C=O) groups excluding carboxylic acids is 2. The molecule has 1 fully saturated rings. The number of rotatable bonds is 3. The molecule has 2 amide bonds. The highest BCUT2D eigenvalue weighted by molar-refractivity contribution is 5.87. The van der Waals surface area contributed by atoms with E-state index in [1.807, 2.05) is 0 Å². The molecule has 0 aliphatic carbocycles. The highest BCUT2D eigenvalue weighted by atomic mass is 16.2. The minimum Gasteiger partial charge on any atom is -0.358 e. The average molecular weight is 227 g/mol. The van der Waals surface area contributed by atoms with Crippen molar-refractivity contribution in [3.63, 3.8) is 0 Å². The Morgan fingerprint density at radius 2 is 2.19 bits per heavy atom. The van der Waals surface area contributed by atoms with E-state index in [1.54, 1.807) is 14.1 Å². The molecule has 1 heterocycles. The minimum absolute atomic E-state index is 0.00940. The van der Waals surface area contributed by atoms with Gasteiger partial charge in [-0.3, -0.25) is 9.59 Å². The van der Waals surface area contributed by atoms with Crippen molar-refractivity contribution in [2.45, 2.75) is 25.8 Å². The van der Waals surface area contributed by atoms with Crippen LogP contribution in [0.5, 0.6) is 0 Å². The molecule has 0 radical (unpaired) electrons. The fraction of sp³-hybridized carbons (Fsp3) is 0.818. The monoisotopic (exact) mass is 227 g/mol. The molecule has 2 unspecified atom stereocenters. The summed E-state index contributed by atoms with van der Waals surface area (Å²) in [7, 11) is 3.24. The average Bonchev–Trinajstić information content (AvgIpc) is 2.27. The van der Waals surface area contributed by atoms with Gasteiger partial charge < -0.3 is 15.5 Å². The summed E-state index contributed by atoms with van der Waals surface area (Å²) >= 11 is 0. The molecule has 0 aromatic carbocycles. The molecule has 92 valence electrons. The summed E-state index contributed by atoms with van der Waals surface area (Å²) in [5, 5.41) is 5.71. The van der Waals surface area contributed by atoms with E-state index in [9.17, 15) is 9.59 Å². The first kappa shape index (κ1) is 13.0. The van der Waals surface area contributed by atoms with Crippen LogP contribution in [0.25, 0.3) is 0 Å². The van der Waals surface area contributed by atoms with E-state index >= 15 is 0 Å². The molecule has 0 saturated carbocycles. The van der Waals surface area contributed by atoms with E-state index in [4.69, 9.17) is 0 Å². The number of piperidine rings is 1. The molecule has 0 spiro atoms. The molecule has 5 heteroatoms. The lowest BCUT2D eigenvalue weighted by Crippen LogP contribution is -2.50. The zero-order valence-corrected chi connectivity index (χ0v) is 10.2. The van der Waals surface area contributed by atoms with Crippen LogP contribution in [0.15, 0.2) is 0 Å². The van der Waals surface area contributed by atoms with Gasteiger partial charge in [0, 0.05) is 14.1 Å². The molecule has 0 aromatic rings. The number of hydrogen-bond donors (Lipinski definition) is 2. The van der Waals surface area contributed by atoms with Gasteiger partial charge >= 0.3 is 0 Å². The molecular formula is C11H21N3O2. The van der Waals surface area contributed by atoms with Crippen LogP contribution in [0.2, 0.25) is 0 Å². The van der Waals surface area contributed by atoms with Crippen molar-refractivity contribution in [1.82, 2.24) is 15.5 Å². The van der Waals surface area contributed by atoms with E-state index in [0.29, 0.717) is 5.92 Å². The predicted octanol–water partition coefficient (Wildman–Crippen LogP) is -0.421. The third-order valence-electron chi connectivity index (χ3n) is 3.00. The molecule has 1 aliphatic heterocycles. The quantitative estimate of drug-likeness (QED) is 0.688. The predicted molar refractivity (Wildman–Crippen MR) is 61.9 cm³/mol. The third kappa shape index (κ3) is 3.48. The lowest BCUT2D eigenvalue weighted by atomic mass is 9.93. The van der Waals surface area contributed by atoms with Gasteiger partial charge in [0.25, 0.3) is 0 Å². The Balaban J connectivity index is 2.46. The van der Waals surface area contributed by atoms with Crippen LogP contribution in [0.1, 0.15) is 19.8 Å². The van der Waals surface area contributed by atoms with Crippen LogP contribution in [0, 0.1) is 5.92 Å². The van der Waals surface area contributed by atoms with Gasteiger partial charge in [-0.05, 0) is 25.3 Å². The van der Waals surface area contributed by atoms with Crippen molar-refractivity contribution in [2.24, 2.45) is 5.92 Å². The number of nitrogens with zero attached hydrogens (tertiary/aromatic N) is 1. The second kappa shape index (κ2) is 5.84. The standard InChI is InChI=1S/C11H21N3O2/c1-8-4-5-13-9(6-8)11(16)14(3)7-10(15)12-2/h8-9,13H,4-7H2,1-3H3,(H,12,15). The Bertz CT molecular complexity index is 268. The molecule has 1 aliphatic rings. The summed E-state index contributed by atoms with van der Waals surface area (Å²) in [5.74, 6) is 0.443. The smallest absolute Gasteiger partial charge is 0.239 e. The molecule has 16 heavy (non-hydrogen) atoms. The summed E-state index contributed by atoms with van der Waals surface area (Å²) in [6, 6.07) is -0.126. The second-order valence-electron chi connectivity index (χ2n) is 4.50. The van der Waals surface area contributed by atoms with Crippen molar-refractivity contribution in [3.8, 4) is 0 Å². The van der Waals surface area contributed by atoms with Crippen molar-refractivity contribution in [3.05, 3.63) is 0 Å². The first-order chi connectivity index (χ1) is 7.54. The fourth-order valence-corrected chi connectivity index (χ4v) is 1.93. The zero-order valence-electron chi connectivity index (χ0n) is 10.2. The summed E-state index contributed by atoms with van der Waals surface area (Å²) < 4.78 is 0. The van der Waals surface area contributed by atoms with Gasteiger partial charge in [0.2, 0.25) is 11.8 Å². The van der Waals surface area contributed by atoms with Crippen molar-refractivity contribution in [2.75, 3.05) is 27.2 Å². The molecule has 5 nitrogen and oxygen atoms in total. The Morgan fingerprint density at radius 3 is 2.75 bits per heavy atom. The van der Waals surface area contributed by atoms with Crippen molar-refractivity contribution in [1.29, 1.82) is 0 Å². The van der Waals surface area contributed by atoms with E-state index in [-0.39, 0.29) is 24.4 Å². The number of amides is 2. The molecule has 2 atom stereocenters. The lowest BCUT2D eigenvalue weighted by Gasteiger charge is -2.30. The van der Waals surface area contributed by atoms with Gasteiger partial charge in [-0.15, -0.1) is 0 Å². The van der Waals surface area contributed by atoms with E-state index in [2.05, 4.69) is 17.6 Å². The zero-order chi connectivity index (χ0) is 12.1. The second-order valence-corrected chi connectivity index (χ2v) is 4.50. The van der Waals surface area contributed by atoms with E-state index in [1.165, 1.54) is 4.90 Å². The van der Waals surface area contributed by atoms with Gasteiger partial charge in [-0.1, -0.05) is 6.92 Å². The topological polar surface area (TPSA) is 61.4 Å². The van der Waals surface area contributed by atoms with Crippen molar-refractivity contribution >= 4 is 11.8 Å². The summed E-state index contributed by atoms with van der Waals surface area (Å²) in [4.78, 5) is 24.6. The molecular weight excluding hydrogens is 206 g/mol. The third-order valence-corrected chi connectivity index (χ3v) is 3.00. The van der Waals surface area contributed by atoms with Crippen LogP contribution < -0.4 is 10.6 Å². The molecule has 1 saturated heterocycles. The van der Waals surface area contributed by atoms with E-state index < -0.39 is 0 Å². The maximum Gasteiger partial charge on any atom is 0.239 e. The van der Waals surface area contributed by atoms with Gasteiger partial charge in [0.15, 0.2) is 0 Å². The Labute approximate surface area is 96.6 Å². The van der Waals surface area contributed by atoms with Crippen LogP contribution >= 0.6 is 0 Å². The highest BCUT2D eigenvalue weighted by Crippen LogP contribution is 2.16. The summed E-state index contributed by atoms with van der Waals surface area (Å²) in [6.07, 6.45) is 1.97. The highest BCUT2D eigenvalue weighted by Gasteiger charge is 2.27. The SMILES string of the molecule is CNC(=O)CN(C)C(=O)C1CC(C)CCN1. The van der Waals surface area contributed by atoms with Crippen LogP contribution in [-0.4, -0.2) is 49.9 Å². The van der Waals surface area contributed by atoms with Gasteiger partial charge in [0.05, 0.1) is 12.6 Å². The Morgan fingerprint density at radius 1 is 1.50 bits per heavy atom. The van der Waals surface area contributed by atoms with Gasteiger partial charge in [-0.2, -0.15) is 0 Å². The summed E-state index contributed by atoms with van der Waals surface area (Å²) in [5.41, 5.74) is 0.